The Bertz CT molecular complexity index is 453. The molecular formula is C15H21BrN2O2. The lowest BCUT2D eigenvalue weighted by molar-refractivity contribution is -0.123. The number of carbonyl (C=O) groups is 1. The van der Waals surface area contributed by atoms with E-state index in [0.717, 1.165) is 23.0 Å². The van der Waals surface area contributed by atoms with Gasteiger partial charge in [0, 0.05) is 16.2 Å². The molecule has 0 aromatic heterocycles. The molecule has 0 spiro atoms. The summed E-state index contributed by atoms with van der Waals surface area (Å²) in [5.41, 5.74) is 0.779. The molecule has 0 heterocycles. The summed E-state index contributed by atoms with van der Waals surface area (Å²) in [6.45, 7) is 0.107. The Morgan fingerprint density at radius 1 is 1.40 bits per heavy atom. The molecule has 110 valence electrons. The van der Waals surface area contributed by atoms with Gasteiger partial charge in [0.1, 0.15) is 6.61 Å². The maximum Gasteiger partial charge on any atom is 0.250 e. The molecule has 5 heteroatoms. The average molecular weight is 341 g/mol. The van der Waals surface area contributed by atoms with Crippen molar-refractivity contribution in [2.75, 3.05) is 19.0 Å². The normalized spacial score (nSPS) is 22.5. The number of carbonyl (C=O) groups excluding carboxylic acids is 1. The van der Waals surface area contributed by atoms with E-state index >= 15 is 0 Å². The number of likely N-dealkylation sites (N-methyl/N-ethyl adjacent to an activating group) is 1. The first-order valence-corrected chi connectivity index (χ1v) is 7.82. The lowest BCUT2D eigenvalue weighted by Crippen LogP contribution is -2.42. The molecule has 1 amide bonds. The van der Waals surface area contributed by atoms with Crippen molar-refractivity contribution in [1.82, 2.24) is 5.32 Å². The molecule has 4 nitrogen and oxygen atoms in total. The molecule has 0 radical (unpaired) electrons. The van der Waals surface area contributed by atoms with Gasteiger partial charge in [-0.1, -0.05) is 34.8 Å². The van der Waals surface area contributed by atoms with Gasteiger partial charge in [0.05, 0.1) is 6.10 Å². The van der Waals surface area contributed by atoms with Gasteiger partial charge in [0.15, 0.2) is 0 Å². The summed E-state index contributed by atoms with van der Waals surface area (Å²) in [6, 6.07) is 7.90. The van der Waals surface area contributed by atoms with E-state index in [0.29, 0.717) is 6.04 Å². The van der Waals surface area contributed by atoms with Gasteiger partial charge >= 0.3 is 0 Å². The van der Waals surface area contributed by atoms with Crippen LogP contribution in [0.3, 0.4) is 0 Å². The van der Waals surface area contributed by atoms with Crippen molar-refractivity contribution in [3.8, 4) is 0 Å². The van der Waals surface area contributed by atoms with Gasteiger partial charge in [-0.2, -0.15) is 0 Å². The summed E-state index contributed by atoms with van der Waals surface area (Å²) in [7, 11) is 1.95. The second kappa shape index (κ2) is 7.76. The maximum atomic E-state index is 11.9. The van der Waals surface area contributed by atoms with Crippen LogP contribution in [0, 0.1) is 0 Å². The van der Waals surface area contributed by atoms with Gasteiger partial charge in [-0.15, -0.1) is 0 Å². The van der Waals surface area contributed by atoms with Crippen molar-refractivity contribution >= 4 is 27.5 Å². The lowest BCUT2D eigenvalue weighted by atomic mass is 9.92. The number of amides is 1. The van der Waals surface area contributed by atoms with Crippen molar-refractivity contribution < 1.29 is 9.53 Å². The minimum Gasteiger partial charge on any atom is -0.367 e. The van der Waals surface area contributed by atoms with Gasteiger partial charge in [-0.25, -0.2) is 0 Å². The number of halogens is 1. The smallest absolute Gasteiger partial charge is 0.250 e. The fraction of sp³-hybridized carbons (Fsp3) is 0.533. The summed E-state index contributed by atoms with van der Waals surface area (Å²) >= 11 is 3.38. The van der Waals surface area contributed by atoms with Crippen LogP contribution < -0.4 is 10.6 Å². The largest absolute Gasteiger partial charge is 0.367 e. The fourth-order valence-corrected chi connectivity index (χ4v) is 2.97. The predicted molar refractivity (Wildman–Crippen MR) is 83.8 cm³/mol. The fourth-order valence-electron chi connectivity index (χ4n) is 2.57. The average Bonchev–Trinajstić information content (AvgIpc) is 2.45. The molecule has 0 aliphatic heterocycles. The number of rotatable bonds is 5. The molecule has 1 aromatic rings. The van der Waals surface area contributed by atoms with Crippen molar-refractivity contribution in [2.45, 2.75) is 37.8 Å². The Hall–Kier alpha value is -0.910. The zero-order valence-electron chi connectivity index (χ0n) is 11.7. The molecule has 2 atom stereocenters. The van der Waals surface area contributed by atoms with E-state index in [1.54, 1.807) is 0 Å². The third-order valence-corrected chi connectivity index (χ3v) is 4.10. The van der Waals surface area contributed by atoms with Gasteiger partial charge in [-0.3, -0.25) is 4.79 Å². The van der Waals surface area contributed by atoms with Crippen LogP contribution in [0.1, 0.15) is 25.7 Å². The Labute approximate surface area is 128 Å². The summed E-state index contributed by atoms with van der Waals surface area (Å²) in [6.07, 6.45) is 4.69. The van der Waals surface area contributed by atoms with Crippen LogP contribution in [-0.2, 0) is 9.53 Å². The van der Waals surface area contributed by atoms with Crippen LogP contribution >= 0.6 is 15.9 Å². The van der Waals surface area contributed by atoms with E-state index < -0.39 is 0 Å². The highest BCUT2D eigenvalue weighted by Crippen LogP contribution is 2.21. The van der Waals surface area contributed by atoms with E-state index in [9.17, 15) is 4.79 Å². The quantitative estimate of drug-likeness (QED) is 0.866. The topological polar surface area (TPSA) is 50.4 Å². The zero-order valence-corrected chi connectivity index (χ0v) is 13.3. The van der Waals surface area contributed by atoms with E-state index in [2.05, 4.69) is 26.6 Å². The van der Waals surface area contributed by atoms with Crippen LogP contribution in [0.25, 0.3) is 0 Å². The first-order valence-electron chi connectivity index (χ1n) is 7.03. The minimum absolute atomic E-state index is 0.107. The van der Waals surface area contributed by atoms with E-state index in [1.807, 2.05) is 31.3 Å². The van der Waals surface area contributed by atoms with Crippen LogP contribution in [0.5, 0.6) is 0 Å². The molecule has 2 N–H and O–H groups in total. The first kappa shape index (κ1) is 15.5. The van der Waals surface area contributed by atoms with Crippen molar-refractivity contribution in [3.05, 3.63) is 28.7 Å². The molecule has 0 bridgehead atoms. The monoisotopic (exact) mass is 340 g/mol. The van der Waals surface area contributed by atoms with Gasteiger partial charge in [-0.05, 0) is 38.1 Å². The van der Waals surface area contributed by atoms with Gasteiger partial charge < -0.3 is 15.4 Å². The summed E-state index contributed by atoms with van der Waals surface area (Å²) in [5, 5.41) is 6.11. The third kappa shape index (κ3) is 4.58. The molecule has 1 fully saturated rings. The van der Waals surface area contributed by atoms with E-state index in [4.69, 9.17) is 4.74 Å². The van der Waals surface area contributed by atoms with Crippen LogP contribution in [0.4, 0.5) is 5.69 Å². The highest BCUT2D eigenvalue weighted by Gasteiger charge is 2.24. The second-order valence-corrected chi connectivity index (χ2v) is 6.00. The Morgan fingerprint density at radius 3 is 2.95 bits per heavy atom. The molecule has 1 aromatic carbocycles. The summed E-state index contributed by atoms with van der Waals surface area (Å²) in [5.74, 6) is -0.108. The third-order valence-electron chi connectivity index (χ3n) is 3.61. The Kier molecular flexibility index (Phi) is 6.01. The van der Waals surface area contributed by atoms with Crippen molar-refractivity contribution in [1.29, 1.82) is 0 Å². The van der Waals surface area contributed by atoms with Crippen LogP contribution in [0.2, 0.25) is 0 Å². The highest BCUT2D eigenvalue weighted by atomic mass is 79.9. The number of hydrogen-bond acceptors (Lipinski definition) is 3. The number of hydrogen-bond donors (Lipinski definition) is 2. The van der Waals surface area contributed by atoms with Crippen molar-refractivity contribution in [2.24, 2.45) is 0 Å². The summed E-state index contributed by atoms with van der Waals surface area (Å²) < 4.78 is 6.71. The molecule has 1 saturated carbocycles. The van der Waals surface area contributed by atoms with E-state index in [1.165, 1.54) is 12.8 Å². The molecule has 1 aliphatic rings. The second-order valence-electron chi connectivity index (χ2n) is 5.09. The van der Waals surface area contributed by atoms with E-state index in [-0.39, 0.29) is 18.6 Å². The first-order chi connectivity index (χ1) is 9.69. The number of benzene rings is 1. The van der Waals surface area contributed by atoms with Crippen molar-refractivity contribution in [3.63, 3.8) is 0 Å². The summed E-state index contributed by atoms with van der Waals surface area (Å²) in [4.78, 5) is 11.9. The lowest BCUT2D eigenvalue weighted by Gasteiger charge is -2.30. The predicted octanol–water partition coefficient (Wildman–Crippen LogP) is 2.93. The molecule has 20 heavy (non-hydrogen) atoms. The van der Waals surface area contributed by atoms with Gasteiger partial charge in [0.2, 0.25) is 5.91 Å². The minimum atomic E-state index is -0.108. The molecule has 0 saturated heterocycles. The molecule has 1 aliphatic carbocycles. The Balaban J connectivity index is 1.79. The number of nitrogens with one attached hydrogen (secondary N) is 2. The molecule has 2 rings (SSSR count). The standard InChI is InChI=1S/C15H21BrN2O2/c1-17-13-7-2-3-8-14(13)20-10-15(19)18-12-6-4-5-11(16)9-12/h4-6,9,13-14,17H,2-3,7-8,10H2,1H3,(H,18,19). The number of anilines is 1. The van der Waals surface area contributed by atoms with Crippen LogP contribution in [0.15, 0.2) is 28.7 Å². The maximum absolute atomic E-state index is 11.9. The number of ether oxygens (including phenoxy) is 1. The molecule has 2 unspecified atom stereocenters. The highest BCUT2D eigenvalue weighted by molar-refractivity contribution is 9.10. The zero-order chi connectivity index (χ0) is 14.4. The Morgan fingerprint density at radius 2 is 2.20 bits per heavy atom. The van der Waals surface area contributed by atoms with Crippen LogP contribution in [-0.4, -0.2) is 31.7 Å². The molecular weight excluding hydrogens is 320 g/mol. The van der Waals surface area contributed by atoms with Gasteiger partial charge in [0.25, 0.3) is 0 Å². The SMILES string of the molecule is CNC1CCCCC1OCC(=O)Nc1cccc(Br)c1.